The molecule has 184 valence electrons. The highest BCUT2D eigenvalue weighted by molar-refractivity contribution is 7.20. The molecule has 1 spiro atoms. The fourth-order valence-electron chi connectivity index (χ4n) is 5.57. The van der Waals surface area contributed by atoms with Crippen molar-refractivity contribution in [1.82, 2.24) is 19.4 Å². The summed E-state index contributed by atoms with van der Waals surface area (Å²) in [5, 5.41) is 0.431. The third-order valence-corrected chi connectivity index (χ3v) is 8.45. The van der Waals surface area contributed by atoms with Gasteiger partial charge in [0.2, 0.25) is 5.91 Å². The molecule has 2 atom stereocenters. The molecule has 2 aromatic rings. The highest BCUT2D eigenvalue weighted by atomic mass is 32.1. The Labute approximate surface area is 202 Å². The summed E-state index contributed by atoms with van der Waals surface area (Å²) >= 11 is 1.25. The standard InChI is InChI=1S/C24H32N4O5S/c1-15-10-16(2)12-27(11-15)18(29)13-28-14-25-21-19(22(28)30)17(3)20(34-21)23(31)26-6-4-24(5-7-26)32-8-9-33-24/h14-16H,4-13H2,1-3H3/t15-,16+. The van der Waals surface area contributed by atoms with E-state index in [9.17, 15) is 14.4 Å². The molecule has 0 saturated carbocycles. The van der Waals surface area contributed by atoms with Crippen molar-refractivity contribution in [3.05, 3.63) is 27.1 Å². The quantitative estimate of drug-likeness (QED) is 0.658. The fourth-order valence-corrected chi connectivity index (χ4v) is 6.68. The molecule has 10 heteroatoms. The van der Waals surface area contributed by atoms with Crippen molar-refractivity contribution in [2.75, 3.05) is 39.4 Å². The molecule has 3 fully saturated rings. The van der Waals surface area contributed by atoms with Gasteiger partial charge in [0.1, 0.15) is 11.4 Å². The molecule has 2 aromatic heterocycles. The van der Waals surface area contributed by atoms with E-state index in [1.807, 2.05) is 4.90 Å². The number of carbonyl (C=O) groups excluding carboxylic acids is 2. The van der Waals surface area contributed by atoms with Crippen LogP contribution in [0.1, 0.15) is 48.3 Å². The SMILES string of the molecule is Cc1c(C(=O)N2CCC3(CC2)OCCO3)sc2ncn(CC(=O)N3C[C@H](C)C[C@H](C)C3)c(=O)c12. The number of aryl methyl sites for hydroxylation is 1. The molecule has 34 heavy (non-hydrogen) atoms. The Kier molecular flexibility index (Phi) is 6.24. The smallest absolute Gasteiger partial charge is 0.264 e. The summed E-state index contributed by atoms with van der Waals surface area (Å²) in [6, 6.07) is 0. The van der Waals surface area contributed by atoms with Crippen LogP contribution < -0.4 is 5.56 Å². The predicted molar refractivity (Wildman–Crippen MR) is 128 cm³/mol. The van der Waals surface area contributed by atoms with E-state index in [2.05, 4.69) is 18.8 Å². The average Bonchev–Trinajstić information content (AvgIpc) is 3.39. The summed E-state index contributed by atoms with van der Waals surface area (Å²) in [7, 11) is 0. The van der Waals surface area contributed by atoms with Gasteiger partial charge in [0.05, 0.1) is 29.8 Å². The molecule has 0 N–H and O–H groups in total. The Balaban J connectivity index is 1.34. The lowest BCUT2D eigenvalue weighted by Crippen LogP contribution is -2.47. The van der Waals surface area contributed by atoms with Crippen LogP contribution in [0.15, 0.2) is 11.1 Å². The number of aromatic nitrogens is 2. The van der Waals surface area contributed by atoms with Crippen molar-refractivity contribution < 1.29 is 19.1 Å². The second-order valence-electron chi connectivity index (χ2n) is 10.1. The second-order valence-corrected chi connectivity index (χ2v) is 11.1. The molecule has 0 radical (unpaired) electrons. The topological polar surface area (TPSA) is 94.0 Å². The molecule has 5 heterocycles. The van der Waals surface area contributed by atoms with E-state index in [-0.39, 0.29) is 23.9 Å². The van der Waals surface area contributed by atoms with Crippen LogP contribution in [-0.4, -0.2) is 76.3 Å². The fraction of sp³-hybridized carbons (Fsp3) is 0.667. The van der Waals surface area contributed by atoms with Crippen LogP contribution in [0.4, 0.5) is 0 Å². The van der Waals surface area contributed by atoms with Gasteiger partial charge in [0.25, 0.3) is 11.5 Å². The van der Waals surface area contributed by atoms with Crippen molar-refractivity contribution >= 4 is 33.4 Å². The van der Waals surface area contributed by atoms with Gasteiger partial charge in [-0.25, -0.2) is 4.98 Å². The lowest BCUT2D eigenvalue weighted by atomic mass is 9.92. The lowest BCUT2D eigenvalue weighted by Gasteiger charge is -2.37. The first kappa shape index (κ1) is 23.4. The Morgan fingerprint density at radius 3 is 2.41 bits per heavy atom. The van der Waals surface area contributed by atoms with Crippen molar-refractivity contribution in [1.29, 1.82) is 0 Å². The summed E-state index contributed by atoms with van der Waals surface area (Å²) in [4.78, 5) is 48.6. The lowest BCUT2D eigenvalue weighted by molar-refractivity contribution is -0.181. The summed E-state index contributed by atoms with van der Waals surface area (Å²) < 4.78 is 12.9. The van der Waals surface area contributed by atoms with Crippen LogP contribution in [-0.2, 0) is 20.8 Å². The highest BCUT2D eigenvalue weighted by Gasteiger charge is 2.41. The number of carbonyl (C=O) groups is 2. The number of rotatable bonds is 3. The van der Waals surface area contributed by atoms with Crippen LogP contribution >= 0.6 is 11.3 Å². The molecule has 3 saturated heterocycles. The van der Waals surface area contributed by atoms with Crippen LogP contribution in [0.2, 0.25) is 0 Å². The van der Waals surface area contributed by atoms with Gasteiger partial charge in [0.15, 0.2) is 5.79 Å². The zero-order valence-corrected chi connectivity index (χ0v) is 20.9. The first-order chi connectivity index (χ1) is 16.3. The first-order valence-corrected chi connectivity index (χ1v) is 12.9. The molecular weight excluding hydrogens is 456 g/mol. The predicted octanol–water partition coefficient (Wildman–Crippen LogP) is 2.25. The van der Waals surface area contributed by atoms with Gasteiger partial charge in [-0.05, 0) is 30.7 Å². The van der Waals surface area contributed by atoms with E-state index in [0.29, 0.717) is 71.6 Å². The molecular formula is C24H32N4O5S. The molecule has 0 aliphatic carbocycles. The van der Waals surface area contributed by atoms with Crippen molar-refractivity contribution in [3.8, 4) is 0 Å². The van der Waals surface area contributed by atoms with Gasteiger partial charge in [-0.3, -0.25) is 19.0 Å². The van der Waals surface area contributed by atoms with Crippen LogP contribution in [0, 0.1) is 18.8 Å². The number of ether oxygens (including phenoxy) is 2. The maximum Gasteiger partial charge on any atom is 0.264 e. The number of amides is 2. The Morgan fingerprint density at radius 1 is 1.12 bits per heavy atom. The van der Waals surface area contributed by atoms with Crippen molar-refractivity contribution in [2.24, 2.45) is 11.8 Å². The molecule has 0 bridgehead atoms. The molecule has 5 rings (SSSR count). The summed E-state index contributed by atoms with van der Waals surface area (Å²) in [5.41, 5.74) is 0.368. The van der Waals surface area contributed by atoms with Crippen molar-refractivity contribution in [3.63, 3.8) is 0 Å². The minimum atomic E-state index is -0.544. The Bertz CT molecular complexity index is 1150. The zero-order valence-electron chi connectivity index (χ0n) is 20.0. The van der Waals surface area contributed by atoms with Crippen LogP contribution in [0.5, 0.6) is 0 Å². The molecule has 2 amide bonds. The third kappa shape index (κ3) is 4.27. The number of likely N-dealkylation sites (tertiary alicyclic amines) is 2. The zero-order chi connectivity index (χ0) is 24.0. The summed E-state index contributed by atoms with van der Waals surface area (Å²) in [5.74, 6) is 0.206. The largest absolute Gasteiger partial charge is 0.347 e. The molecule has 3 aliphatic heterocycles. The molecule has 0 unspecified atom stereocenters. The minimum Gasteiger partial charge on any atom is -0.347 e. The first-order valence-electron chi connectivity index (χ1n) is 12.1. The molecule has 0 aromatic carbocycles. The van der Waals surface area contributed by atoms with E-state index in [1.54, 1.807) is 11.8 Å². The van der Waals surface area contributed by atoms with E-state index in [0.717, 1.165) is 19.5 Å². The minimum absolute atomic E-state index is 0.0337. The maximum absolute atomic E-state index is 13.3. The maximum atomic E-state index is 13.3. The van der Waals surface area contributed by atoms with Gasteiger partial charge in [-0.1, -0.05) is 13.8 Å². The number of hydrogen-bond acceptors (Lipinski definition) is 7. The van der Waals surface area contributed by atoms with E-state index < -0.39 is 5.79 Å². The van der Waals surface area contributed by atoms with Gasteiger partial charge >= 0.3 is 0 Å². The van der Waals surface area contributed by atoms with E-state index >= 15 is 0 Å². The Hall–Kier alpha value is -2.30. The van der Waals surface area contributed by atoms with E-state index in [4.69, 9.17) is 9.47 Å². The number of fused-ring (bicyclic) bond motifs is 1. The van der Waals surface area contributed by atoms with Gasteiger partial charge in [0, 0.05) is 39.0 Å². The monoisotopic (exact) mass is 488 g/mol. The van der Waals surface area contributed by atoms with Gasteiger partial charge in [-0.15, -0.1) is 11.3 Å². The van der Waals surface area contributed by atoms with Gasteiger partial charge < -0.3 is 19.3 Å². The van der Waals surface area contributed by atoms with Crippen LogP contribution in [0.25, 0.3) is 10.2 Å². The Morgan fingerprint density at radius 2 is 1.76 bits per heavy atom. The van der Waals surface area contributed by atoms with Gasteiger partial charge in [-0.2, -0.15) is 0 Å². The summed E-state index contributed by atoms with van der Waals surface area (Å²) in [6.45, 7) is 9.79. The molecule has 9 nitrogen and oxygen atoms in total. The van der Waals surface area contributed by atoms with E-state index in [1.165, 1.54) is 22.2 Å². The highest BCUT2D eigenvalue weighted by Crippen LogP contribution is 2.34. The average molecular weight is 489 g/mol. The van der Waals surface area contributed by atoms with Crippen molar-refractivity contribution in [2.45, 2.75) is 52.4 Å². The number of piperidine rings is 2. The summed E-state index contributed by atoms with van der Waals surface area (Å²) in [6.07, 6.45) is 3.83. The molecule has 3 aliphatic rings. The van der Waals surface area contributed by atoms with Crippen LogP contribution in [0.3, 0.4) is 0 Å². The third-order valence-electron chi connectivity index (χ3n) is 7.26. The number of nitrogens with zero attached hydrogens (tertiary/aromatic N) is 4. The second kappa shape index (κ2) is 9.05. The number of thiophene rings is 1. The normalized spacial score (nSPS) is 24.8. The number of hydrogen-bond donors (Lipinski definition) is 0.